The lowest BCUT2D eigenvalue weighted by molar-refractivity contribution is -0.385. The summed E-state index contributed by atoms with van der Waals surface area (Å²) in [6.07, 6.45) is 1.91. The molecule has 0 aliphatic carbocycles. The Morgan fingerprint density at radius 3 is 2.55 bits per heavy atom. The smallest absolute Gasteiger partial charge is 0.342 e. The van der Waals surface area contributed by atoms with Crippen molar-refractivity contribution in [1.82, 2.24) is 4.98 Å². The van der Waals surface area contributed by atoms with Crippen LogP contribution in [0, 0.1) is 16.0 Å². The number of hydrogen-bond acceptors (Lipinski definition) is 5. The maximum atomic E-state index is 11.1. The molecular weight excluding hydrogens is 262 g/mol. The molecule has 7 heteroatoms. The minimum Gasteiger partial charge on any atom is -0.477 e. The van der Waals surface area contributed by atoms with E-state index in [0.29, 0.717) is 11.7 Å². The summed E-state index contributed by atoms with van der Waals surface area (Å²) in [5.74, 6) is -0.421. The molecule has 0 aliphatic heterocycles. The van der Waals surface area contributed by atoms with E-state index < -0.39 is 16.6 Å². The SMILES string of the molecule is CC(C)CC(C)N(C)c1cc(C(=O)O)c([N+](=O)[O-])cn1. The molecule has 0 fully saturated rings. The zero-order valence-electron chi connectivity index (χ0n) is 12.0. The molecule has 0 amide bonds. The second-order valence-corrected chi connectivity index (χ2v) is 5.21. The quantitative estimate of drug-likeness (QED) is 0.635. The summed E-state index contributed by atoms with van der Waals surface area (Å²) in [6.45, 7) is 6.19. The Bertz CT molecular complexity index is 516. The van der Waals surface area contributed by atoms with E-state index in [-0.39, 0.29) is 11.6 Å². The highest BCUT2D eigenvalue weighted by Crippen LogP contribution is 2.24. The summed E-state index contributed by atoms with van der Waals surface area (Å²) in [7, 11) is 1.80. The van der Waals surface area contributed by atoms with Gasteiger partial charge in [-0.2, -0.15) is 0 Å². The average molecular weight is 281 g/mol. The van der Waals surface area contributed by atoms with Crippen molar-refractivity contribution in [3.8, 4) is 0 Å². The molecule has 1 aromatic rings. The Morgan fingerprint density at radius 1 is 1.50 bits per heavy atom. The molecule has 1 unspecified atom stereocenters. The van der Waals surface area contributed by atoms with Gasteiger partial charge in [0.05, 0.1) is 4.92 Å². The highest BCUT2D eigenvalue weighted by atomic mass is 16.6. The van der Waals surface area contributed by atoms with Crippen molar-refractivity contribution in [2.45, 2.75) is 33.2 Å². The lowest BCUT2D eigenvalue weighted by Gasteiger charge is -2.27. The van der Waals surface area contributed by atoms with E-state index >= 15 is 0 Å². The number of anilines is 1. The molecular formula is C13H19N3O4. The maximum Gasteiger partial charge on any atom is 0.342 e. The highest BCUT2D eigenvalue weighted by Gasteiger charge is 2.23. The van der Waals surface area contributed by atoms with Crippen LogP contribution in [-0.2, 0) is 0 Å². The third-order valence-electron chi connectivity index (χ3n) is 3.13. The predicted molar refractivity (Wildman–Crippen MR) is 75.2 cm³/mol. The number of carbonyl (C=O) groups is 1. The summed E-state index contributed by atoms with van der Waals surface area (Å²) in [6, 6.07) is 1.41. The van der Waals surface area contributed by atoms with Gasteiger partial charge in [0.25, 0.3) is 0 Å². The zero-order chi connectivity index (χ0) is 15.4. The Labute approximate surface area is 117 Å². The zero-order valence-corrected chi connectivity index (χ0v) is 12.0. The van der Waals surface area contributed by atoms with E-state index in [9.17, 15) is 14.9 Å². The van der Waals surface area contributed by atoms with E-state index in [1.54, 1.807) is 7.05 Å². The lowest BCUT2D eigenvalue weighted by atomic mass is 10.0. The molecule has 20 heavy (non-hydrogen) atoms. The molecule has 0 spiro atoms. The van der Waals surface area contributed by atoms with Crippen molar-refractivity contribution < 1.29 is 14.8 Å². The van der Waals surface area contributed by atoms with Gasteiger partial charge in [-0.05, 0) is 19.3 Å². The van der Waals surface area contributed by atoms with Crippen LogP contribution < -0.4 is 4.90 Å². The van der Waals surface area contributed by atoms with Crippen molar-refractivity contribution in [3.63, 3.8) is 0 Å². The highest BCUT2D eigenvalue weighted by molar-refractivity contribution is 5.93. The first-order valence-corrected chi connectivity index (χ1v) is 6.34. The largest absolute Gasteiger partial charge is 0.477 e. The fourth-order valence-corrected chi connectivity index (χ4v) is 2.01. The van der Waals surface area contributed by atoms with E-state index in [4.69, 9.17) is 5.11 Å². The van der Waals surface area contributed by atoms with Gasteiger partial charge in [0.1, 0.15) is 17.6 Å². The number of pyridine rings is 1. The second-order valence-electron chi connectivity index (χ2n) is 5.21. The van der Waals surface area contributed by atoms with Crippen LogP contribution in [0.25, 0.3) is 0 Å². The summed E-state index contributed by atoms with van der Waals surface area (Å²) in [4.78, 5) is 27.0. The molecule has 1 heterocycles. The standard InChI is InChI=1S/C13H19N3O4/c1-8(2)5-9(3)15(4)12-6-10(13(17)18)11(7-14-12)16(19)20/h6-9H,5H2,1-4H3,(H,17,18). The minimum absolute atomic E-state index is 0.158. The monoisotopic (exact) mass is 281 g/mol. The van der Waals surface area contributed by atoms with Gasteiger partial charge in [0.2, 0.25) is 0 Å². The number of aromatic nitrogens is 1. The molecule has 1 rings (SSSR count). The lowest BCUT2D eigenvalue weighted by Crippen LogP contribution is -2.31. The molecule has 0 aromatic carbocycles. The van der Waals surface area contributed by atoms with E-state index in [1.165, 1.54) is 6.07 Å². The molecule has 1 N–H and O–H groups in total. The van der Waals surface area contributed by atoms with Crippen LogP contribution in [0.3, 0.4) is 0 Å². The third kappa shape index (κ3) is 3.66. The molecule has 0 radical (unpaired) electrons. The number of rotatable bonds is 6. The Balaban J connectivity index is 3.11. The van der Waals surface area contributed by atoms with Gasteiger partial charge in [0.15, 0.2) is 0 Å². The van der Waals surface area contributed by atoms with Crippen LogP contribution >= 0.6 is 0 Å². The van der Waals surface area contributed by atoms with Gasteiger partial charge < -0.3 is 10.0 Å². The van der Waals surface area contributed by atoms with Gasteiger partial charge in [-0.3, -0.25) is 10.1 Å². The van der Waals surface area contributed by atoms with E-state index in [2.05, 4.69) is 18.8 Å². The van der Waals surface area contributed by atoms with Crippen LogP contribution in [0.4, 0.5) is 11.5 Å². The molecule has 0 saturated heterocycles. The number of aromatic carboxylic acids is 1. The van der Waals surface area contributed by atoms with Crippen molar-refractivity contribution in [2.75, 3.05) is 11.9 Å². The number of carboxylic acid groups (broad SMARTS) is 1. The first-order valence-electron chi connectivity index (χ1n) is 6.34. The normalized spacial score (nSPS) is 12.2. The number of nitro groups is 1. The summed E-state index contributed by atoms with van der Waals surface area (Å²) in [5.41, 5.74) is -0.838. The van der Waals surface area contributed by atoms with Crippen LogP contribution in [0.5, 0.6) is 0 Å². The molecule has 1 atom stereocenters. The van der Waals surface area contributed by atoms with Crippen molar-refractivity contribution in [1.29, 1.82) is 0 Å². The van der Waals surface area contributed by atoms with Gasteiger partial charge in [0, 0.05) is 19.2 Å². The fourth-order valence-electron chi connectivity index (χ4n) is 2.01. The average Bonchev–Trinajstić information content (AvgIpc) is 2.36. The number of hydrogen-bond donors (Lipinski definition) is 1. The summed E-state index contributed by atoms with van der Waals surface area (Å²) in [5, 5.41) is 19.8. The Kier molecular flexibility index (Phi) is 5.01. The first-order chi connectivity index (χ1) is 9.23. The van der Waals surface area contributed by atoms with Crippen LogP contribution in [0.15, 0.2) is 12.3 Å². The van der Waals surface area contributed by atoms with Gasteiger partial charge in [-0.1, -0.05) is 13.8 Å². The maximum absolute atomic E-state index is 11.1. The van der Waals surface area contributed by atoms with Gasteiger partial charge in [-0.25, -0.2) is 9.78 Å². The van der Waals surface area contributed by atoms with Crippen molar-refractivity contribution in [3.05, 3.63) is 27.9 Å². The number of carboxylic acids is 1. The summed E-state index contributed by atoms with van der Waals surface area (Å²) >= 11 is 0. The molecule has 1 aromatic heterocycles. The van der Waals surface area contributed by atoms with Gasteiger partial charge in [-0.15, -0.1) is 0 Å². The van der Waals surface area contributed by atoms with Crippen molar-refractivity contribution >= 4 is 17.5 Å². The van der Waals surface area contributed by atoms with Crippen LogP contribution in [-0.4, -0.2) is 34.1 Å². The molecule has 0 saturated carbocycles. The Hall–Kier alpha value is -2.18. The molecule has 110 valence electrons. The van der Waals surface area contributed by atoms with Crippen LogP contribution in [0.2, 0.25) is 0 Å². The van der Waals surface area contributed by atoms with Gasteiger partial charge >= 0.3 is 11.7 Å². The Morgan fingerprint density at radius 2 is 2.10 bits per heavy atom. The number of nitrogens with zero attached hydrogens (tertiary/aromatic N) is 3. The topological polar surface area (TPSA) is 96.6 Å². The molecule has 0 aliphatic rings. The second kappa shape index (κ2) is 6.31. The molecule has 0 bridgehead atoms. The summed E-state index contributed by atoms with van der Waals surface area (Å²) < 4.78 is 0. The molecule has 7 nitrogen and oxygen atoms in total. The first kappa shape index (κ1) is 15.9. The fraction of sp³-hybridized carbons (Fsp3) is 0.538. The van der Waals surface area contributed by atoms with Crippen LogP contribution in [0.1, 0.15) is 37.6 Å². The third-order valence-corrected chi connectivity index (χ3v) is 3.13. The van der Waals surface area contributed by atoms with E-state index in [1.807, 2.05) is 11.8 Å². The van der Waals surface area contributed by atoms with E-state index in [0.717, 1.165) is 12.6 Å². The predicted octanol–water partition coefficient (Wildman–Crippen LogP) is 2.56. The van der Waals surface area contributed by atoms with Crippen molar-refractivity contribution in [2.24, 2.45) is 5.92 Å². The minimum atomic E-state index is -1.33.